The quantitative estimate of drug-likeness (QED) is 0.303. The summed E-state index contributed by atoms with van der Waals surface area (Å²) in [4.78, 5) is 37.3. The van der Waals surface area contributed by atoms with E-state index in [2.05, 4.69) is 10.7 Å². The summed E-state index contributed by atoms with van der Waals surface area (Å²) in [6, 6.07) is 7.08. The van der Waals surface area contributed by atoms with Crippen LogP contribution in [0.4, 0.5) is 5.69 Å². The number of anilines is 1. The number of nitrogens with one attached hydrogen (secondary N) is 2. The lowest BCUT2D eigenvalue weighted by Gasteiger charge is -2.25. The second kappa shape index (κ2) is 14.2. The van der Waals surface area contributed by atoms with Crippen molar-refractivity contribution in [1.82, 2.24) is 15.3 Å². The van der Waals surface area contributed by atoms with E-state index in [0.29, 0.717) is 31.7 Å². The normalized spacial score (nSPS) is 10.8. The van der Waals surface area contributed by atoms with Gasteiger partial charge in [-0.3, -0.25) is 24.8 Å². The van der Waals surface area contributed by atoms with Crippen LogP contribution in [0.15, 0.2) is 24.3 Å². The second-order valence-electron chi connectivity index (χ2n) is 8.06. The fourth-order valence-corrected chi connectivity index (χ4v) is 2.69. The molecular formula is C22H36N4O5. The van der Waals surface area contributed by atoms with Crippen LogP contribution >= 0.6 is 0 Å². The van der Waals surface area contributed by atoms with Crippen molar-refractivity contribution in [2.24, 2.45) is 5.92 Å². The van der Waals surface area contributed by atoms with E-state index >= 15 is 0 Å². The van der Waals surface area contributed by atoms with E-state index in [-0.39, 0.29) is 30.7 Å². The summed E-state index contributed by atoms with van der Waals surface area (Å²) in [5, 5.41) is 13.1. The van der Waals surface area contributed by atoms with Gasteiger partial charge in [0.1, 0.15) is 5.75 Å². The van der Waals surface area contributed by atoms with Gasteiger partial charge in [0, 0.05) is 25.1 Å². The molecule has 0 aliphatic rings. The molecule has 0 spiro atoms. The molecule has 1 rings (SSSR count). The SMILES string of the molecule is CC(C)CN(NC(=O)CCCN(C)C)C(=O)CNc1ccc(OCCCC(=O)O)cc1. The fraction of sp³-hybridized carbons (Fsp3) is 0.591. The number of carbonyl (C=O) groups excluding carboxylic acids is 2. The summed E-state index contributed by atoms with van der Waals surface area (Å²) in [6.45, 7) is 5.59. The number of amides is 2. The zero-order valence-corrected chi connectivity index (χ0v) is 19.0. The molecule has 9 nitrogen and oxygen atoms in total. The van der Waals surface area contributed by atoms with Gasteiger partial charge in [0.15, 0.2) is 0 Å². The van der Waals surface area contributed by atoms with Gasteiger partial charge in [-0.1, -0.05) is 13.8 Å². The van der Waals surface area contributed by atoms with E-state index < -0.39 is 5.97 Å². The fourth-order valence-electron chi connectivity index (χ4n) is 2.69. The van der Waals surface area contributed by atoms with E-state index in [4.69, 9.17) is 9.84 Å². The zero-order chi connectivity index (χ0) is 23.2. The molecule has 31 heavy (non-hydrogen) atoms. The Morgan fingerprint density at radius 1 is 1.06 bits per heavy atom. The Labute approximate surface area is 184 Å². The summed E-state index contributed by atoms with van der Waals surface area (Å²) in [7, 11) is 3.91. The number of nitrogens with zero attached hydrogens (tertiary/aromatic N) is 2. The maximum atomic E-state index is 12.6. The Morgan fingerprint density at radius 2 is 1.74 bits per heavy atom. The summed E-state index contributed by atoms with van der Waals surface area (Å²) in [5.74, 6) is -0.384. The highest BCUT2D eigenvalue weighted by molar-refractivity contribution is 5.84. The molecule has 0 aliphatic carbocycles. The highest BCUT2D eigenvalue weighted by atomic mass is 16.5. The van der Waals surface area contributed by atoms with Crippen molar-refractivity contribution < 1.29 is 24.2 Å². The van der Waals surface area contributed by atoms with Gasteiger partial charge >= 0.3 is 5.97 Å². The first kappa shape index (κ1) is 26.2. The van der Waals surface area contributed by atoms with Gasteiger partial charge < -0.3 is 20.1 Å². The molecule has 0 aromatic heterocycles. The standard InChI is InChI=1S/C22H36N4O5/c1-17(2)16-26(24-20(27)7-5-13-25(3)4)21(28)15-23-18-9-11-19(12-10-18)31-14-6-8-22(29)30/h9-12,17,23H,5-8,13-16H2,1-4H3,(H,24,27)(H,29,30). The van der Waals surface area contributed by atoms with E-state index in [1.165, 1.54) is 5.01 Å². The Balaban J connectivity index is 2.49. The van der Waals surface area contributed by atoms with Gasteiger partial charge in [0.2, 0.25) is 5.91 Å². The predicted molar refractivity (Wildman–Crippen MR) is 120 cm³/mol. The van der Waals surface area contributed by atoms with Gasteiger partial charge in [0.05, 0.1) is 13.2 Å². The minimum absolute atomic E-state index is 0.0452. The maximum Gasteiger partial charge on any atom is 0.303 e. The number of carboxylic acids is 1. The molecule has 0 radical (unpaired) electrons. The molecule has 0 saturated carbocycles. The number of hydrogen-bond acceptors (Lipinski definition) is 6. The lowest BCUT2D eigenvalue weighted by Crippen LogP contribution is -2.49. The molecule has 2 amide bonds. The van der Waals surface area contributed by atoms with Crippen LogP contribution in [-0.2, 0) is 14.4 Å². The van der Waals surface area contributed by atoms with Crippen molar-refractivity contribution in [3.05, 3.63) is 24.3 Å². The number of carbonyl (C=O) groups is 3. The van der Waals surface area contributed by atoms with Gasteiger partial charge in [-0.2, -0.15) is 0 Å². The van der Waals surface area contributed by atoms with E-state index in [1.807, 2.05) is 32.8 Å². The third-order valence-electron chi connectivity index (χ3n) is 4.22. The number of ether oxygens (including phenoxy) is 1. The van der Waals surface area contributed by atoms with Crippen LogP contribution < -0.4 is 15.5 Å². The third kappa shape index (κ3) is 12.5. The minimum atomic E-state index is -0.843. The first-order chi connectivity index (χ1) is 14.7. The monoisotopic (exact) mass is 436 g/mol. The average Bonchev–Trinajstić information content (AvgIpc) is 2.69. The Morgan fingerprint density at radius 3 is 2.32 bits per heavy atom. The zero-order valence-electron chi connectivity index (χ0n) is 19.0. The summed E-state index contributed by atoms with van der Waals surface area (Å²) in [6.07, 6.45) is 1.60. The predicted octanol–water partition coefficient (Wildman–Crippen LogP) is 2.20. The number of aliphatic carboxylic acids is 1. The number of rotatable bonds is 14. The van der Waals surface area contributed by atoms with Crippen molar-refractivity contribution in [1.29, 1.82) is 0 Å². The summed E-state index contributed by atoms with van der Waals surface area (Å²) < 4.78 is 5.49. The highest BCUT2D eigenvalue weighted by Gasteiger charge is 2.17. The maximum absolute atomic E-state index is 12.6. The molecule has 9 heteroatoms. The van der Waals surface area contributed by atoms with Crippen LogP contribution in [0.3, 0.4) is 0 Å². The topological polar surface area (TPSA) is 111 Å². The first-order valence-electron chi connectivity index (χ1n) is 10.6. The van der Waals surface area contributed by atoms with Gasteiger partial charge in [-0.25, -0.2) is 0 Å². The molecule has 1 aromatic carbocycles. The summed E-state index contributed by atoms with van der Waals surface area (Å²) in [5.41, 5.74) is 3.47. The molecular weight excluding hydrogens is 400 g/mol. The van der Waals surface area contributed by atoms with Crippen LogP contribution in [-0.4, -0.2) is 73.1 Å². The first-order valence-corrected chi connectivity index (χ1v) is 10.6. The second-order valence-corrected chi connectivity index (χ2v) is 8.06. The molecule has 0 atom stereocenters. The molecule has 0 saturated heterocycles. The number of hydrazine groups is 1. The summed E-state index contributed by atoms with van der Waals surface area (Å²) >= 11 is 0. The van der Waals surface area contributed by atoms with Crippen LogP contribution in [0.2, 0.25) is 0 Å². The molecule has 1 aromatic rings. The molecule has 0 bridgehead atoms. The van der Waals surface area contributed by atoms with E-state index in [1.54, 1.807) is 24.3 Å². The molecule has 0 heterocycles. The minimum Gasteiger partial charge on any atom is -0.494 e. The number of hydrogen-bond donors (Lipinski definition) is 3. The van der Waals surface area contributed by atoms with E-state index in [0.717, 1.165) is 18.7 Å². The van der Waals surface area contributed by atoms with Gasteiger partial charge in [0.25, 0.3) is 5.91 Å². The van der Waals surface area contributed by atoms with Crippen LogP contribution in [0.5, 0.6) is 5.75 Å². The highest BCUT2D eigenvalue weighted by Crippen LogP contribution is 2.16. The van der Waals surface area contributed by atoms with Crippen LogP contribution in [0, 0.1) is 5.92 Å². The van der Waals surface area contributed by atoms with Gasteiger partial charge in [-0.15, -0.1) is 0 Å². The molecule has 0 fully saturated rings. The third-order valence-corrected chi connectivity index (χ3v) is 4.22. The van der Waals surface area contributed by atoms with Crippen molar-refractivity contribution in [2.45, 2.75) is 39.5 Å². The van der Waals surface area contributed by atoms with Crippen molar-refractivity contribution >= 4 is 23.5 Å². The average molecular weight is 437 g/mol. The van der Waals surface area contributed by atoms with Crippen molar-refractivity contribution in [3.63, 3.8) is 0 Å². The van der Waals surface area contributed by atoms with Crippen molar-refractivity contribution in [3.8, 4) is 5.75 Å². The molecule has 3 N–H and O–H groups in total. The Hall–Kier alpha value is -2.81. The van der Waals surface area contributed by atoms with Crippen molar-refractivity contribution in [2.75, 3.05) is 45.7 Å². The molecule has 0 unspecified atom stereocenters. The smallest absolute Gasteiger partial charge is 0.303 e. The lowest BCUT2D eigenvalue weighted by molar-refractivity contribution is -0.140. The van der Waals surface area contributed by atoms with Crippen LogP contribution in [0.25, 0.3) is 0 Å². The number of carboxylic acid groups (broad SMARTS) is 1. The largest absolute Gasteiger partial charge is 0.494 e. The lowest BCUT2D eigenvalue weighted by atomic mass is 10.2. The Bertz CT molecular complexity index is 692. The van der Waals surface area contributed by atoms with Crippen LogP contribution in [0.1, 0.15) is 39.5 Å². The van der Waals surface area contributed by atoms with E-state index in [9.17, 15) is 14.4 Å². The Kier molecular flexibility index (Phi) is 12.0. The molecule has 174 valence electrons. The number of benzene rings is 1. The molecule has 0 aliphatic heterocycles. The van der Waals surface area contributed by atoms with Gasteiger partial charge in [-0.05, 0) is 63.7 Å².